The lowest BCUT2D eigenvalue weighted by Crippen LogP contribution is -2.18. The van der Waals surface area contributed by atoms with Crippen LogP contribution in [0, 0.1) is 0 Å². The fourth-order valence-corrected chi connectivity index (χ4v) is 2.20. The number of rotatable bonds is 4. The van der Waals surface area contributed by atoms with E-state index in [1.54, 1.807) is 21.6 Å². The van der Waals surface area contributed by atoms with Crippen molar-refractivity contribution in [2.45, 2.75) is 25.4 Å². The second-order valence-corrected chi connectivity index (χ2v) is 4.83. The number of hydrogen-bond donors (Lipinski definition) is 1. The molecule has 2 N–H and O–H groups in total. The topological polar surface area (TPSA) is 65.8 Å². The largest absolute Gasteiger partial charge is 0.327 e. The Labute approximate surface area is 121 Å². The number of halogens is 2. The molecule has 3 rings (SSSR count). The summed E-state index contributed by atoms with van der Waals surface area (Å²) < 4.78 is 15.9. The Balaban J connectivity index is 0.00000147. The van der Waals surface area contributed by atoms with Crippen LogP contribution in [0.5, 0.6) is 0 Å². The van der Waals surface area contributed by atoms with E-state index in [1.807, 2.05) is 6.07 Å². The van der Waals surface area contributed by atoms with Gasteiger partial charge < -0.3 is 10.3 Å². The Hall–Kier alpha value is -1.66. The third-order valence-electron chi connectivity index (χ3n) is 3.45. The lowest BCUT2D eigenvalue weighted by molar-refractivity contribution is 0.645. The quantitative estimate of drug-likeness (QED) is 0.935. The first kappa shape index (κ1) is 14.7. The third-order valence-corrected chi connectivity index (χ3v) is 3.45. The minimum absolute atomic E-state index is 0. The fraction of sp³-hybridized carbons (Fsp3) is 0.385. The molecule has 108 valence electrons. The van der Waals surface area contributed by atoms with Gasteiger partial charge in [0.15, 0.2) is 0 Å². The molecule has 1 aliphatic rings. The second kappa shape index (κ2) is 5.76. The molecule has 0 atom stereocenters. The molecular formula is C13H16ClFN4O. The van der Waals surface area contributed by atoms with E-state index >= 15 is 0 Å². The molecule has 0 bridgehead atoms. The van der Waals surface area contributed by atoms with Gasteiger partial charge in [-0.25, -0.2) is 4.39 Å². The van der Waals surface area contributed by atoms with E-state index in [9.17, 15) is 9.18 Å². The second-order valence-electron chi connectivity index (χ2n) is 4.83. The van der Waals surface area contributed by atoms with Gasteiger partial charge >= 0.3 is 0 Å². The lowest BCUT2D eigenvalue weighted by atomic mass is 10.3. The summed E-state index contributed by atoms with van der Waals surface area (Å²) in [6.45, 7) is 0.403. The number of fused-ring (bicyclic) bond motifs is 1. The number of nitrogens with zero attached hydrogens (tertiary/aromatic N) is 3. The van der Waals surface area contributed by atoms with Gasteiger partial charge in [-0.05, 0) is 24.5 Å². The van der Waals surface area contributed by atoms with Gasteiger partial charge in [0.2, 0.25) is 0 Å². The van der Waals surface area contributed by atoms with Crippen molar-refractivity contribution in [1.82, 2.24) is 14.3 Å². The molecule has 1 aliphatic carbocycles. The summed E-state index contributed by atoms with van der Waals surface area (Å²) in [6.07, 6.45) is 5.95. The van der Waals surface area contributed by atoms with Crippen LogP contribution in [0.4, 0.5) is 4.39 Å². The molecule has 20 heavy (non-hydrogen) atoms. The maximum atomic E-state index is 12.6. The van der Waals surface area contributed by atoms with Crippen LogP contribution in [0.1, 0.15) is 18.9 Å². The smallest absolute Gasteiger partial charge is 0.261 e. The molecule has 1 saturated carbocycles. The zero-order chi connectivity index (χ0) is 13.4. The van der Waals surface area contributed by atoms with Gasteiger partial charge in [-0.15, -0.1) is 12.4 Å². The van der Waals surface area contributed by atoms with Crippen LogP contribution in [0.2, 0.25) is 0 Å². The molecule has 2 aromatic rings. The van der Waals surface area contributed by atoms with E-state index in [2.05, 4.69) is 5.10 Å². The van der Waals surface area contributed by atoms with Gasteiger partial charge in [-0.2, -0.15) is 5.10 Å². The average Bonchev–Trinajstić information content (AvgIpc) is 3.18. The van der Waals surface area contributed by atoms with Crippen molar-refractivity contribution >= 4 is 23.3 Å². The van der Waals surface area contributed by atoms with E-state index in [1.165, 1.54) is 0 Å². The maximum absolute atomic E-state index is 12.6. The SMILES string of the molecule is Cl.NC/C(=C\F)Cn1ncc2c(=O)n(C3CC3)ccc21. The summed E-state index contributed by atoms with van der Waals surface area (Å²) >= 11 is 0. The van der Waals surface area contributed by atoms with Crippen molar-refractivity contribution in [2.75, 3.05) is 6.54 Å². The standard InChI is InChI=1S/C13H15FN4O.ClH/c14-5-9(6-15)8-18-12-3-4-17(10-1-2-10)13(19)11(12)7-16-18;/h3-5,7,10H,1-2,6,8,15H2;1H/b9-5+;. The molecule has 0 spiro atoms. The minimum atomic E-state index is -0.0234. The van der Waals surface area contributed by atoms with Gasteiger partial charge in [0.1, 0.15) is 0 Å². The molecular weight excluding hydrogens is 283 g/mol. The molecule has 1 fully saturated rings. The predicted octanol–water partition coefficient (Wildman–Crippen LogP) is 1.77. The van der Waals surface area contributed by atoms with Crippen molar-refractivity contribution < 1.29 is 4.39 Å². The first-order valence-electron chi connectivity index (χ1n) is 6.29. The normalized spacial score (nSPS) is 15.4. The molecule has 5 nitrogen and oxygen atoms in total. The van der Waals surface area contributed by atoms with E-state index in [0.717, 1.165) is 18.4 Å². The molecule has 0 unspecified atom stereocenters. The van der Waals surface area contributed by atoms with E-state index < -0.39 is 0 Å². The maximum Gasteiger partial charge on any atom is 0.261 e. The van der Waals surface area contributed by atoms with E-state index in [4.69, 9.17) is 5.73 Å². The Kier molecular flexibility index (Phi) is 4.25. The summed E-state index contributed by atoms with van der Waals surface area (Å²) in [7, 11) is 0. The number of aromatic nitrogens is 3. The number of nitrogens with two attached hydrogens (primary N) is 1. The molecule has 0 aliphatic heterocycles. The van der Waals surface area contributed by atoms with Gasteiger partial charge in [0.05, 0.1) is 30.0 Å². The third kappa shape index (κ3) is 2.48. The average molecular weight is 299 g/mol. The summed E-state index contributed by atoms with van der Waals surface area (Å²) in [5.74, 6) is 0. The first-order valence-corrected chi connectivity index (χ1v) is 6.29. The van der Waals surface area contributed by atoms with Crippen molar-refractivity contribution in [3.8, 4) is 0 Å². The van der Waals surface area contributed by atoms with E-state index in [0.29, 0.717) is 23.3 Å². The van der Waals surface area contributed by atoms with Crippen LogP contribution in [-0.4, -0.2) is 20.9 Å². The van der Waals surface area contributed by atoms with Crippen LogP contribution in [0.15, 0.2) is 35.2 Å². The summed E-state index contributed by atoms with van der Waals surface area (Å²) in [5, 5.41) is 4.73. The van der Waals surface area contributed by atoms with Gasteiger partial charge in [-0.3, -0.25) is 9.48 Å². The fourth-order valence-electron chi connectivity index (χ4n) is 2.20. The molecule has 0 aromatic carbocycles. The van der Waals surface area contributed by atoms with Crippen LogP contribution < -0.4 is 11.3 Å². The highest BCUT2D eigenvalue weighted by Gasteiger charge is 2.25. The summed E-state index contributed by atoms with van der Waals surface area (Å²) in [5.41, 5.74) is 6.57. The Morgan fingerprint density at radius 1 is 1.55 bits per heavy atom. The van der Waals surface area contributed by atoms with Crippen molar-refractivity contribution in [2.24, 2.45) is 5.73 Å². The summed E-state index contributed by atoms with van der Waals surface area (Å²) in [6, 6.07) is 2.19. The lowest BCUT2D eigenvalue weighted by Gasteiger charge is -2.06. The monoisotopic (exact) mass is 298 g/mol. The Bertz CT molecular complexity index is 702. The number of hydrogen-bond acceptors (Lipinski definition) is 3. The molecule has 0 amide bonds. The minimum Gasteiger partial charge on any atom is -0.327 e. The van der Waals surface area contributed by atoms with Gasteiger partial charge in [-0.1, -0.05) is 0 Å². The molecule has 7 heteroatoms. The molecule has 0 saturated heterocycles. The highest BCUT2D eigenvalue weighted by molar-refractivity contribution is 5.85. The van der Waals surface area contributed by atoms with Gasteiger partial charge in [0, 0.05) is 18.8 Å². The highest BCUT2D eigenvalue weighted by atomic mass is 35.5. The first-order chi connectivity index (χ1) is 9.24. The molecule has 2 aromatic heterocycles. The number of pyridine rings is 1. The zero-order valence-corrected chi connectivity index (χ0v) is 11.6. The predicted molar refractivity (Wildman–Crippen MR) is 77.8 cm³/mol. The molecule has 2 heterocycles. The Morgan fingerprint density at radius 3 is 2.90 bits per heavy atom. The molecule has 0 radical (unpaired) electrons. The van der Waals surface area contributed by atoms with Crippen LogP contribution in [0.25, 0.3) is 10.9 Å². The summed E-state index contributed by atoms with van der Waals surface area (Å²) in [4.78, 5) is 12.2. The van der Waals surface area contributed by atoms with Crippen molar-refractivity contribution in [3.05, 3.63) is 40.7 Å². The Morgan fingerprint density at radius 2 is 2.30 bits per heavy atom. The zero-order valence-electron chi connectivity index (χ0n) is 10.8. The van der Waals surface area contributed by atoms with E-state index in [-0.39, 0.29) is 31.1 Å². The highest BCUT2D eigenvalue weighted by Crippen LogP contribution is 2.33. The van der Waals surface area contributed by atoms with Crippen LogP contribution in [0.3, 0.4) is 0 Å². The van der Waals surface area contributed by atoms with Crippen LogP contribution >= 0.6 is 12.4 Å². The van der Waals surface area contributed by atoms with Gasteiger partial charge in [0.25, 0.3) is 5.56 Å². The van der Waals surface area contributed by atoms with Crippen molar-refractivity contribution in [1.29, 1.82) is 0 Å². The van der Waals surface area contributed by atoms with Crippen molar-refractivity contribution in [3.63, 3.8) is 0 Å². The van der Waals surface area contributed by atoms with Crippen LogP contribution in [-0.2, 0) is 6.54 Å².